The summed E-state index contributed by atoms with van der Waals surface area (Å²) in [5, 5.41) is 0. The molecule has 1 aliphatic heterocycles. The lowest BCUT2D eigenvalue weighted by molar-refractivity contribution is -0.137. The van der Waals surface area contributed by atoms with Crippen LogP contribution in [0.5, 0.6) is 0 Å². The summed E-state index contributed by atoms with van der Waals surface area (Å²) in [6.07, 6.45) is -3.27. The van der Waals surface area contributed by atoms with E-state index < -0.39 is 11.7 Å². The number of rotatable bonds is 1. The fraction of sp³-hybridized carbons (Fsp3) is 0.455. The van der Waals surface area contributed by atoms with Gasteiger partial charge in [0.05, 0.1) is 16.9 Å². The third kappa shape index (κ3) is 1.81. The third-order valence-electron chi connectivity index (χ3n) is 2.98. The molecule has 1 fully saturated rings. The maximum atomic E-state index is 12.4. The summed E-state index contributed by atoms with van der Waals surface area (Å²) in [6, 6.07) is 3.89. The van der Waals surface area contributed by atoms with Gasteiger partial charge in [-0.05, 0) is 31.5 Å². The minimum absolute atomic E-state index is 0.196. The van der Waals surface area contributed by atoms with Crippen LogP contribution in [0.1, 0.15) is 18.9 Å². The van der Waals surface area contributed by atoms with E-state index >= 15 is 0 Å². The van der Waals surface area contributed by atoms with Gasteiger partial charge in [-0.2, -0.15) is 13.2 Å². The molecule has 1 aliphatic rings. The lowest BCUT2D eigenvalue weighted by atomic mass is 10.0. The van der Waals surface area contributed by atoms with E-state index in [-0.39, 0.29) is 5.69 Å². The molecule has 2 N–H and O–H groups in total. The first-order valence-corrected chi connectivity index (χ1v) is 5.13. The van der Waals surface area contributed by atoms with Gasteiger partial charge in [0.2, 0.25) is 0 Å². The van der Waals surface area contributed by atoms with E-state index in [0.29, 0.717) is 11.7 Å². The van der Waals surface area contributed by atoms with Crippen LogP contribution in [0, 0.1) is 0 Å². The minimum Gasteiger partial charge on any atom is -0.397 e. The topological polar surface area (TPSA) is 29.3 Å². The molecule has 1 heterocycles. The summed E-state index contributed by atoms with van der Waals surface area (Å²) in [5.41, 5.74) is 5.85. The zero-order valence-corrected chi connectivity index (χ0v) is 8.88. The number of anilines is 2. The molecule has 2 nitrogen and oxygen atoms in total. The predicted octanol–water partition coefficient (Wildman–Crippen LogP) is 2.89. The lowest BCUT2D eigenvalue weighted by Gasteiger charge is -2.41. The maximum absolute atomic E-state index is 12.4. The molecular formula is C11H13F3N2. The zero-order chi connectivity index (χ0) is 11.9. The van der Waals surface area contributed by atoms with Gasteiger partial charge in [-0.3, -0.25) is 0 Å². The maximum Gasteiger partial charge on any atom is 0.416 e. The first-order valence-electron chi connectivity index (χ1n) is 5.13. The Bertz CT molecular complexity index is 401. The summed E-state index contributed by atoms with van der Waals surface area (Å²) in [6.45, 7) is 2.89. The van der Waals surface area contributed by atoms with Crippen LogP contribution in [0.3, 0.4) is 0 Å². The summed E-state index contributed by atoms with van der Waals surface area (Å²) in [7, 11) is 0. The van der Waals surface area contributed by atoms with Gasteiger partial charge in [0.15, 0.2) is 0 Å². The Morgan fingerprint density at radius 2 is 2.06 bits per heavy atom. The molecule has 0 bridgehead atoms. The molecule has 1 saturated heterocycles. The smallest absolute Gasteiger partial charge is 0.397 e. The normalized spacial score (nSPS) is 20.8. The Morgan fingerprint density at radius 1 is 1.38 bits per heavy atom. The van der Waals surface area contributed by atoms with Crippen LogP contribution < -0.4 is 10.6 Å². The molecule has 1 aromatic rings. The molecular weight excluding hydrogens is 217 g/mol. The van der Waals surface area contributed by atoms with Gasteiger partial charge >= 0.3 is 6.18 Å². The van der Waals surface area contributed by atoms with Gasteiger partial charge in [0, 0.05) is 12.6 Å². The van der Waals surface area contributed by atoms with Gasteiger partial charge in [-0.15, -0.1) is 0 Å². The number of alkyl halides is 3. The molecule has 0 amide bonds. The average Bonchev–Trinajstić information content (AvgIpc) is 2.17. The molecule has 1 unspecified atom stereocenters. The quantitative estimate of drug-likeness (QED) is 0.751. The van der Waals surface area contributed by atoms with Gasteiger partial charge in [-0.25, -0.2) is 0 Å². The van der Waals surface area contributed by atoms with Crippen LogP contribution in [0.4, 0.5) is 24.5 Å². The van der Waals surface area contributed by atoms with Gasteiger partial charge in [-0.1, -0.05) is 0 Å². The number of nitrogen functional groups attached to an aromatic ring is 1. The van der Waals surface area contributed by atoms with Crippen LogP contribution in [-0.2, 0) is 6.18 Å². The first kappa shape index (κ1) is 11.1. The van der Waals surface area contributed by atoms with Crippen LogP contribution in [0.25, 0.3) is 0 Å². The molecule has 0 radical (unpaired) electrons. The van der Waals surface area contributed by atoms with Gasteiger partial charge in [0.1, 0.15) is 0 Å². The summed E-state index contributed by atoms with van der Waals surface area (Å²) >= 11 is 0. The molecule has 0 spiro atoms. The Hall–Kier alpha value is -1.39. The van der Waals surface area contributed by atoms with E-state index in [2.05, 4.69) is 0 Å². The van der Waals surface area contributed by atoms with E-state index in [4.69, 9.17) is 5.73 Å². The summed E-state index contributed by atoms with van der Waals surface area (Å²) in [4.78, 5) is 2.01. The van der Waals surface area contributed by atoms with Crippen molar-refractivity contribution in [1.82, 2.24) is 0 Å². The van der Waals surface area contributed by atoms with Crippen LogP contribution in [0.2, 0.25) is 0 Å². The fourth-order valence-corrected chi connectivity index (χ4v) is 1.87. The molecule has 0 saturated carbocycles. The summed E-state index contributed by atoms with van der Waals surface area (Å²) in [5.74, 6) is 0. The third-order valence-corrected chi connectivity index (χ3v) is 2.98. The van der Waals surface area contributed by atoms with Crippen molar-refractivity contribution in [3.63, 3.8) is 0 Å². The second-order valence-corrected chi connectivity index (χ2v) is 4.10. The highest BCUT2D eigenvalue weighted by molar-refractivity contribution is 5.70. The van der Waals surface area contributed by atoms with E-state index in [1.807, 2.05) is 11.8 Å². The van der Waals surface area contributed by atoms with Crippen LogP contribution in [-0.4, -0.2) is 12.6 Å². The monoisotopic (exact) mass is 230 g/mol. The highest BCUT2D eigenvalue weighted by Crippen LogP contribution is 2.36. The van der Waals surface area contributed by atoms with E-state index in [9.17, 15) is 13.2 Å². The Kier molecular flexibility index (Phi) is 2.48. The second kappa shape index (κ2) is 3.57. The number of hydrogen-bond acceptors (Lipinski definition) is 2. The molecule has 0 aromatic heterocycles. The molecule has 1 aromatic carbocycles. The van der Waals surface area contributed by atoms with Crippen molar-refractivity contribution in [2.24, 2.45) is 0 Å². The first-order chi connectivity index (χ1) is 7.39. The van der Waals surface area contributed by atoms with Gasteiger partial charge < -0.3 is 10.6 Å². The van der Waals surface area contributed by atoms with Crippen molar-refractivity contribution < 1.29 is 13.2 Å². The number of nitrogens with two attached hydrogens (primary N) is 1. The Morgan fingerprint density at radius 3 is 2.44 bits per heavy atom. The largest absolute Gasteiger partial charge is 0.416 e. The minimum atomic E-state index is -4.33. The summed E-state index contributed by atoms with van der Waals surface area (Å²) < 4.78 is 37.2. The molecule has 16 heavy (non-hydrogen) atoms. The molecule has 0 aliphatic carbocycles. The number of hydrogen-bond donors (Lipinski definition) is 1. The van der Waals surface area contributed by atoms with Crippen molar-refractivity contribution in [3.8, 4) is 0 Å². The molecule has 2 rings (SSSR count). The number of nitrogens with zero attached hydrogens (tertiary/aromatic N) is 1. The van der Waals surface area contributed by atoms with E-state index in [1.165, 1.54) is 6.07 Å². The highest BCUT2D eigenvalue weighted by Gasteiger charge is 2.32. The molecule has 88 valence electrons. The lowest BCUT2D eigenvalue weighted by Crippen LogP contribution is -2.46. The van der Waals surface area contributed by atoms with Crippen LogP contribution in [0.15, 0.2) is 18.2 Å². The molecule has 5 heteroatoms. The van der Waals surface area contributed by atoms with Crippen molar-refractivity contribution in [2.45, 2.75) is 25.6 Å². The van der Waals surface area contributed by atoms with Crippen molar-refractivity contribution in [1.29, 1.82) is 0 Å². The average molecular weight is 230 g/mol. The van der Waals surface area contributed by atoms with Crippen LogP contribution >= 0.6 is 0 Å². The van der Waals surface area contributed by atoms with Crippen molar-refractivity contribution in [2.75, 3.05) is 17.2 Å². The zero-order valence-electron chi connectivity index (χ0n) is 8.88. The predicted molar refractivity (Wildman–Crippen MR) is 57.3 cm³/mol. The highest BCUT2D eigenvalue weighted by atomic mass is 19.4. The number of halogens is 3. The number of benzene rings is 1. The Labute approximate surface area is 91.8 Å². The van der Waals surface area contributed by atoms with Crippen molar-refractivity contribution >= 4 is 11.4 Å². The van der Waals surface area contributed by atoms with Crippen molar-refractivity contribution in [3.05, 3.63) is 23.8 Å². The van der Waals surface area contributed by atoms with Gasteiger partial charge in [0.25, 0.3) is 0 Å². The SMILES string of the molecule is CC1CCN1c1ccc(C(F)(F)F)cc1N. The fourth-order valence-electron chi connectivity index (χ4n) is 1.87. The van der Waals surface area contributed by atoms with E-state index in [0.717, 1.165) is 25.1 Å². The second-order valence-electron chi connectivity index (χ2n) is 4.10. The molecule has 1 atom stereocenters. The van der Waals surface area contributed by atoms with E-state index in [1.54, 1.807) is 0 Å². The standard InChI is InChI=1S/C11H13F3N2/c1-7-4-5-16(7)10-3-2-8(6-9(10)15)11(12,13)14/h2-3,6-7H,4-5,15H2,1H3. The Balaban J connectivity index is 2.30.